The maximum absolute atomic E-state index is 13.7. The lowest BCUT2D eigenvalue weighted by Gasteiger charge is -2.11. The van der Waals surface area contributed by atoms with Gasteiger partial charge in [-0.25, -0.2) is 14.4 Å². The number of nitrogens with zero attached hydrogens (tertiary/aromatic N) is 2. The second kappa shape index (κ2) is 6.17. The molecule has 2 aromatic rings. The third-order valence-corrected chi connectivity index (χ3v) is 3.43. The van der Waals surface area contributed by atoms with Gasteiger partial charge < -0.3 is 11.1 Å². The van der Waals surface area contributed by atoms with Crippen LogP contribution in [-0.2, 0) is 0 Å². The highest BCUT2D eigenvalue weighted by Crippen LogP contribution is 2.26. The molecule has 7 heteroatoms. The third kappa shape index (κ3) is 3.36. The molecule has 5 nitrogen and oxygen atoms in total. The minimum Gasteiger partial charge on any atom is -0.396 e. The van der Waals surface area contributed by atoms with E-state index in [0.29, 0.717) is 10.3 Å². The summed E-state index contributed by atoms with van der Waals surface area (Å²) in [6, 6.07) is 4.41. The first kappa shape index (κ1) is 15.4. The van der Waals surface area contributed by atoms with Gasteiger partial charge in [-0.05, 0) is 28.1 Å². The molecule has 0 aliphatic carbocycles. The number of benzene rings is 1. The third-order valence-electron chi connectivity index (χ3n) is 2.77. The van der Waals surface area contributed by atoms with Gasteiger partial charge in [-0.15, -0.1) is 0 Å². The Kier molecular flexibility index (Phi) is 4.52. The van der Waals surface area contributed by atoms with E-state index in [-0.39, 0.29) is 23.0 Å². The van der Waals surface area contributed by atoms with Crippen LogP contribution in [0.2, 0.25) is 0 Å². The Morgan fingerprint density at radius 3 is 2.76 bits per heavy atom. The summed E-state index contributed by atoms with van der Waals surface area (Å²) >= 11 is 3.19. The van der Waals surface area contributed by atoms with Crippen LogP contribution in [0.3, 0.4) is 0 Å². The minimum absolute atomic E-state index is 0.0313. The molecule has 0 bridgehead atoms. The summed E-state index contributed by atoms with van der Waals surface area (Å²) in [6.45, 7) is 3.81. The van der Waals surface area contributed by atoms with E-state index in [1.807, 2.05) is 13.8 Å². The number of nitrogens with one attached hydrogen (secondary N) is 1. The molecule has 0 aliphatic heterocycles. The lowest BCUT2D eigenvalue weighted by molar-refractivity contribution is 0.102. The summed E-state index contributed by atoms with van der Waals surface area (Å²) in [4.78, 5) is 20.5. The highest BCUT2D eigenvalue weighted by Gasteiger charge is 2.17. The van der Waals surface area contributed by atoms with Crippen molar-refractivity contribution in [1.29, 1.82) is 0 Å². The topological polar surface area (TPSA) is 80.9 Å². The van der Waals surface area contributed by atoms with Gasteiger partial charge in [0, 0.05) is 10.4 Å². The van der Waals surface area contributed by atoms with Crippen molar-refractivity contribution in [3.05, 3.63) is 46.2 Å². The summed E-state index contributed by atoms with van der Waals surface area (Å²) in [6.07, 6.45) is 1.38. The number of para-hydroxylation sites is 1. The molecule has 0 saturated carbocycles. The first-order valence-electron chi connectivity index (χ1n) is 6.28. The average Bonchev–Trinajstić information content (AvgIpc) is 2.43. The molecular weight excluding hydrogens is 339 g/mol. The first-order chi connectivity index (χ1) is 9.90. The minimum atomic E-state index is -0.581. The number of nitrogens with two attached hydrogens (primary N) is 1. The van der Waals surface area contributed by atoms with Gasteiger partial charge in [0.15, 0.2) is 5.69 Å². The van der Waals surface area contributed by atoms with Crippen molar-refractivity contribution in [2.75, 3.05) is 11.1 Å². The number of nitrogen functional groups attached to an aromatic ring is 1. The molecule has 0 atom stereocenters. The van der Waals surface area contributed by atoms with Gasteiger partial charge in [0.25, 0.3) is 5.91 Å². The Morgan fingerprint density at radius 2 is 2.14 bits per heavy atom. The highest BCUT2D eigenvalue weighted by atomic mass is 79.9. The molecule has 0 saturated heterocycles. The van der Waals surface area contributed by atoms with Gasteiger partial charge in [-0.3, -0.25) is 4.79 Å². The normalized spacial score (nSPS) is 10.7. The van der Waals surface area contributed by atoms with Crippen LogP contribution in [0.25, 0.3) is 0 Å². The lowest BCUT2D eigenvalue weighted by atomic mass is 10.2. The van der Waals surface area contributed by atoms with E-state index in [1.165, 1.54) is 18.3 Å². The molecule has 21 heavy (non-hydrogen) atoms. The average molecular weight is 353 g/mol. The van der Waals surface area contributed by atoms with E-state index < -0.39 is 11.7 Å². The second-order valence-electron chi connectivity index (χ2n) is 4.74. The molecule has 110 valence electrons. The smallest absolute Gasteiger partial charge is 0.276 e. The summed E-state index contributed by atoms with van der Waals surface area (Å²) in [5.74, 6) is -0.573. The molecule has 0 fully saturated rings. The van der Waals surface area contributed by atoms with Crippen molar-refractivity contribution in [2.45, 2.75) is 19.8 Å². The van der Waals surface area contributed by atoms with Gasteiger partial charge >= 0.3 is 0 Å². The number of aromatic nitrogens is 2. The van der Waals surface area contributed by atoms with Crippen molar-refractivity contribution >= 4 is 33.2 Å². The number of carbonyl (C=O) groups excluding carboxylic acids is 1. The van der Waals surface area contributed by atoms with E-state index in [0.717, 1.165) is 0 Å². The molecule has 1 heterocycles. The molecule has 0 radical (unpaired) electrons. The Hall–Kier alpha value is -2.02. The number of hydrogen-bond acceptors (Lipinski definition) is 4. The molecule has 1 amide bonds. The van der Waals surface area contributed by atoms with E-state index in [4.69, 9.17) is 5.73 Å². The summed E-state index contributed by atoms with van der Waals surface area (Å²) in [7, 11) is 0. The molecule has 0 spiro atoms. The Bertz CT molecular complexity index is 670. The van der Waals surface area contributed by atoms with Crippen molar-refractivity contribution in [3.8, 4) is 0 Å². The van der Waals surface area contributed by atoms with E-state index in [2.05, 4.69) is 31.2 Å². The van der Waals surface area contributed by atoms with Crippen molar-refractivity contribution < 1.29 is 9.18 Å². The highest BCUT2D eigenvalue weighted by molar-refractivity contribution is 9.10. The van der Waals surface area contributed by atoms with Gasteiger partial charge in [0.2, 0.25) is 0 Å². The number of hydrogen-bond donors (Lipinski definition) is 2. The van der Waals surface area contributed by atoms with Crippen LogP contribution in [0.15, 0.2) is 28.9 Å². The van der Waals surface area contributed by atoms with Gasteiger partial charge in [-0.2, -0.15) is 0 Å². The van der Waals surface area contributed by atoms with E-state index in [9.17, 15) is 9.18 Å². The van der Waals surface area contributed by atoms with Crippen molar-refractivity contribution in [1.82, 2.24) is 9.97 Å². The standard InChI is InChI=1S/C14H14BrFN4O/c1-7(2)13-18-6-10(17)12(19-13)14(21)20-11-8(15)4-3-5-9(11)16/h3-7H,17H2,1-2H3,(H,20,21). The Balaban J connectivity index is 2.35. The number of carbonyl (C=O) groups is 1. The zero-order valence-corrected chi connectivity index (χ0v) is 13.1. The number of halogens is 2. The quantitative estimate of drug-likeness (QED) is 0.887. The molecule has 3 N–H and O–H groups in total. The first-order valence-corrected chi connectivity index (χ1v) is 7.07. The van der Waals surface area contributed by atoms with Crippen LogP contribution in [0.5, 0.6) is 0 Å². The van der Waals surface area contributed by atoms with Crippen LogP contribution in [-0.4, -0.2) is 15.9 Å². The Morgan fingerprint density at radius 1 is 1.43 bits per heavy atom. The molecule has 0 unspecified atom stereocenters. The molecule has 1 aromatic heterocycles. The number of amides is 1. The van der Waals surface area contributed by atoms with E-state index in [1.54, 1.807) is 6.07 Å². The predicted octanol–water partition coefficient (Wildman–Crippen LogP) is 3.34. The number of rotatable bonds is 3. The van der Waals surface area contributed by atoms with E-state index >= 15 is 0 Å². The van der Waals surface area contributed by atoms with Crippen LogP contribution >= 0.6 is 15.9 Å². The lowest BCUT2D eigenvalue weighted by Crippen LogP contribution is -2.18. The molecular formula is C14H14BrFN4O. The molecule has 1 aromatic carbocycles. The predicted molar refractivity (Wildman–Crippen MR) is 82.6 cm³/mol. The van der Waals surface area contributed by atoms with Gasteiger partial charge in [0.05, 0.1) is 17.6 Å². The summed E-state index contributed by atoms with van der Waals surface area (Å²) < 4.78 is 14.2. The van der Waals surface area contributed by atoms with Crippen LogP contribution in [0.1, 0.15) is 36.1 Å². The SMILES string of the molecule is CC(C)c1ncc(N)c(C(=O)Nc2c(F)cccc2Br)n1. The zero-order valence-electron chi connectivity index (χ0n) is 11.5. The van der Waals surface area contributed by atoms with Crippen LogP contribution in [0.4, 0.5) is 15.8 Å². The molecule has 0 aliphatic rings. The van der Waals surface area contributed by atoms with Crippen molar-refractivity contribution in [3.63, 3.8) is 0 Å². The Labute approximate surface area is 129 Å². The van der Waals surface area contributed by atoms with Crippen LogP contribution < -0.4 is 11.1 Å². The van der Waals surface area contributed by atoms with Crippen LogP contribution in [0, 0.1) is 5.82 Å². The van der Waals surface area contributed by atoms with Crippen molar-refractivity contribution in [2.24, 2.45) is 0 Å². The fourth-order valence-electron chi connectivity index (χ4n) is 1.65. The fraction of sp³-hybridized carbons (Fsp3) is 0.214. The monoisotopic (exact) mass is 352 g/mol. The number of anilines is 2. The fourth-order valence-corrected chi connectivity index (χ4v) is 2.10. The van der Waals surface area contributed by atoms with Gasteiger partial charge in [-0.1, -0.05) is 19.9 Å². The molecule has 2 rings (SSSR count). The summed E-state index contributed by atoms with van der Waals surface area (Å²) in [5, 5.41) is 2.47. The zero-order chi connectivity index (χ0) is 15.6. The maximum Gasteiger partial charge on any atom is 0.276 e. The maximum atomic E-state index is 13.7. The van der Waals surface area contributed by atoms with Gasteiger partial charge in [0.1, 0.15) is 11.6 Å². The largest absolute Gasteiger partial charge is 0.396 e. The second-order valence-corrected chi connectivity index (χ2v) is 5.59. The summed E-state index contributed by atoms with van der Waals surface area (Å²) in [5.41, 5.74) is 5.95.